The summed E-state index contributed by atoms with van der Waals surface area (Å²) in [4.78, 5) is 10.6. The lowest BCUT2D eigenvalue weighted by Crippen LogP contribution is -2.41. The van der Waals surface area contributed by atoms with Crippen molar-refractivity contribution in [1.29, 1.82) is 0 Å². The van der Waals surface area contributed by atoms with Crippen molar-refractivity contribution in [3.05, 3.63) is 0 Å². The van der Waals surface area contributed by atoms with Gasteiger partial charge in [-0.1, -0.05) is 6.92 Å². The van der Waals surface area contributed by atoms with Crippen LogP contribution in [0.5, 0.6) is 0 Å². The topological polar surface area (TPSA) is 70.1 Å². The maximum Gasteiger partial charge on any atom is 0.306 e. The first-order valence-corrected chi connectivity index (χ1v) is 4.31. The molecular weight excluding hydrogens is 198 g/mol. The Morgan fingerprint density at radius 3 is 2.50 bits per heavy atom. The number of epoxide rings is 1. The highest BCUT2D eigenvalue weighted by molar-refractivity contribution is 5.70. The number of aliphatic carboxylic acids is 1. The van der Waals surface area contributed by atoms with Gasteiger partial charge in [0.25, 0.3) is 0 Å². The number of aliphatic hydroxyl groups excluding tert-OH is 1. The third-order valence-electron chi connectivity index (χ3n) is 3.01. The molecule has 0 amide bonds. The van der Waals surface area contributed by atoms with Gasteiger partial charge in [0.2, 0.25) is 0 Å². The first-order valence-electron chi connectivity index (χ1n) is 4.31. The average molecular weight is 208 g/mol. The second-order valence-electron chi connectivity index (χ2n) is 3.84. The van der Waals surface area contributed by atoms with Crippen LogP contribution in [0.3, 0.4) is 0 Å². The molecule has 1 saturated carbocycles. The molecule has 1 aliphatic heterocycles. The molecule has 2 rings (SSSR count). The van der Waals surface area contributed by atoms with E-state index in [4.69, 9.17) is 5.11 Å². The van der Waals surface area contributed by atoms with Gasteiger partial charge < -0.3 is 14.9 Å². The fourth-order valence-electron chi connectivity index (χ4n) is 2.05. The summed E-state index contributed by atoms with van der Waals surface area (Å²) in [5.74, 6) is -6.53. The molecule has 1 heterocycles. The molecular formula is C8H10F2O4. The second-order valence-corrected chi connectivity index (χ2v) is 3.84. The van der Waals surface area contributed by atoms with Crippen molar-refractivity contribution in [3.63, 3.8) is 0 Å². The maximum atomic E-state index is 13.1. The van der Waals surface area contributed by atoms with E-state index in [-0.39, 0.29) is 0 Å². The molecule has 0 aromatic rings. The Kier molecular flexibility index (Phi) is 1.84. The molecule has 1 aliphatic carbocycles. The van der Waals surface area contributed by atoms with E-state index in [1.54, 1.807) is 0 Å². The van der Waals surface area contributed by atoms with Crippen molar-refractivity contribution >= 4 is 5.97 Å². The molecule has 2 fully saturated rings. The minimum Gasteiger partial charge on any atom is -0.481 e. The Bertz CT molecular complexity index is 281. The predicted octanol–water partition coefficient (Wildman–Crippen LogP) is 0.100. The Morgan fingerprint density at radius 2 is 2.14 bits per heavy atom. The number of hydrogen-bond acceptors (Lipinski definition) is 3. The molecule has 0 spiro atoms. The molecule has 5 atom stereocenters. The Balaban J connectivity index is 2.19. The molecule has 5 unspecified atom stereocenters. The van der Waals surface area contributed by atoms with Crippen molar-refractivity contribution in [1.82, 2.24) is 0 Å². The fraction of sp³-hybridized carbons (Fsp3) is 0.875. The summed E-state index contributed by atoms with van der Waals surface area (Å²) in [5, 5.41) is 17.9. The van der Waals surface area contributed by atoms with E-state index in [0.717, 1.165) is 0 Å². The van der Waals surface area contributed by atoms with Crippen LogP contribution in [-0.2, 0) is 9.53 Å². The molecule has 1 saturated heterocycles. The van der Waals surface area contributed by atoms with Gasteiger partial charge in [-0.05, 0) is 0 Å². The van der Waals surface area contributed by atoms with Gasteiger partial charge >= 0.3 is 11.9 Å². The standard InChI is InChI=1S/C8H10F2O4/c1-2(7(12)13)3-4-6(14-4)8(9,10)5(3)11/h2-6,11H,1H3,(H,12,13). The number of carboxylic acids is 1. The summed E-state index contributed by atoms with van der Waals surface area (Å²) in [6, 6.07) is 0. The molecule has 2 aliphatic rings. The van der Waals surface area contributed by atoms with Crippen LogP contribution in [0.2, 0.25) is 0 Å². The lowest BCUT2D eigenvalue weighted by atomic mass is 9.89. The number of carboxylic acid groups (broad SMARTS) is 1. The summed E-state index contributed by atoms with van der Waals surface area (Å²) in [5.41, 5.74) is 0. The summed E-state index contributed by atoms with van der Waals surface area (Å²) < 4.78 is 30.8. The molecule has 80 valence electrons. The number of carbonyl (C=O) groups is 1. The Morgan fingerprint density at radius 1 is 1.57 bits per heavy atom. The highest BCUT2D eigenvalue weighted by atomic mass is 19.3. The highest BCUT2D eigenvalue weighted by Gasteiger charge is 2.74. The smallest absolute Gasteiger partial charge is 0.306 e. The van der Waals surface area contributed by atoms with Gasteiger partial charge in [-0.15, -0.1) is 0 Å². The van der Waals surface area contributed by atoms with Crippen LogP contribution in [0.4, 0.5) is 8.78 Å². The van der Waals surface area contributed by atoms with Crippen molar-refractivity contribution in [2.24, 2.45) is 11.8 Å². The van der Waals surface area contributed by atoms with Crippen molar-refractivity contribution in [2.45, 2.75) is 31.2 Å². The molecule has 0 aromatic heterocycles. The minimum atomic E-state index is -3.31. The summed E-state index contributed by atoms with van der Waals surface area (Å²) >= 11 is 0. The molecule has 2 N–H and O–H groups in total. The van der Waals surface area contributed by atoms with Gasteiger partial charge in [-0.3, -0.25) is 4.79 Å². The second kappa shape index (κ2) is 2.64. The van der Waals surface area contributed by atoms with Gasteiger partial charge in [-0.25, -0.2) is 8.78 Å². The Labute approximate surface area is 78.5 Å². The third-order valence-corrected chi connectivity index (χ3v) is 3.01. The van der Waals surface area contributed by atoms with Crippen LogP contribution >= 0.6 is 0 Å². The van der Waals surface area contributed by atoms with Gasteiger partial charge in [0.1, 0.15) is 6.10 Å². The first kappa shape index (κ1) is 9.79. The predicted molar refractivity (Wildman–Crippen MR) is 39.9 cm³/mol. The normalized spacial score (nSPS) is 45.7. The number of alkyl halides is 2. The van der Waals surface area contributed by atoms with E-state index >= 15 is 0 Å². The van der Waals surface area contributed by atoms with E-state index in [2.05, 4.69) is 4.74 Å². The van der Waals surface area contributed by atoms with Crippen LogP contribution in [-0.4, -0.2) is 40.4 Å². The van der Waals surface area contributed by atoms with Crippen LogP contribution in [0.15, 0.2) is 0 Å². The zero-order chi connectivity index (χ0) is 10.7. The van der Waals surface area contributed by atoms with E-state index in [1.807, 2.05) is 0 Å². The van der Waals surface area contributed by atoms with Crippen LogP contribution in [0, 0.1) is 11.8 Å². The lowest BCUT2D eigenvalue weighted by molar-refractivity contribution is -0.160. The van der Waals surface area contributed by atoms with Gasteiger partial charge in [0.05, 0.1) is 12.0 Å². The van der Waals surface area contributed by atoms with E-state index in [9.17, 15) is 18.7 Å². The van der Waals surface area contributed by atoms with Gasteiger partial charge in [-0.2, -0.15) is 0 Å². The zero-order valence-corrected chi connectivity index (χ0v) is 7.35. The SMILES string of the molecule is CC(C(=O)O)C1C2OC2C(F)(F)C1O. The monoisotopic (exact) mass is 208 g/mol. The summed E-state index contributed by atoms with van der Waals surface area (Å²) in [6.45, 7) is 1.30. The quantitative estimate of drug-likeness (QED) is 0.631. The largest absolute Gasteiger partial charge is 0.481 e. The minimum absolute atomic E-state index is 0.800. The zero-order valence-electron chi connectivity index (χ0n) is 7.35. The summed E-state index contributed by atoms with van der Waals surface area (Å²) in [7, 11) is 0. The van der Waals surface area contributed by atoms with Crippen molar-refractivity contribution in [2.75, 3.05) is 0 Å². The van der Waals surface area contributed by atoms with Crippen LogP contribution < -0.4 is 0 Å². The molecule has 14 heavy (non-hydrogen) atoms. The third kappa shape index (κ3) is 1.07. The number of fused-ring (bicyclic) bond motifs is 1. The van der Waals surface area contributed by atoms with Crippen LogP contribution in [0.1, 0.15) is 6.92 Å². The summed E-state index contributed by atoms with van der Waals surface area (Å²) in [6.07, 6.45) is -3.99. The van der Waals surface area contributed by atoms with E-state index < -0.39 is 42.0 Å². The number of rotatable bonds is 2. The number of ether oxygens (including phenoxy) is 1. The molecule has 0 aromatic carbocycles. The van der Waals surface area contributed by atoms with E-state index in [1.165, 1.54) is 6.92 Å². The molecule has 6 heteroatoms. The van der Waals surface area contributed by atoms with Gasteiger partial charge in [0.15, 0.2) is 6.10 Å². The lowest BCUT2D eigenvalue weighted by Gasteiger charge is -2.24. The maximum absolute atomic E-state index is 13.1. The molecule has 0 bridgehead atoms. The molecule has 4 nitrogen and oxygen atoms in total. The number of halogens is 2. The highest BCUT2D eigenvalue weighted by Crippen LogP contribution is 2.54. The number of hydrogen-bond donors (Lipinski definition) is 2. The number of aliphatic hydroxyl groups is 1. The molecule has 0 radical (unpaired) electrons. The average Bonchev–Trinajstić information content (AvgIpc) is 2.80. The van der Waals surface area contributed by atoms with Gasteiger partial charge in [0, 0.05) is 5.92 Å². The van der Waals surface area contributed by atoms with Crippen molar-refractivity contribution < 1.29 is 28.5 Å². The first-order chi connectivity index (χ1) is 6.37. The fourth-order valence-corrected chi connectivity index (χ4v) is 2.05. The van der Waals surface area contributed by atoms with Crippen LogP contribution in [0.25, 0.3) is 0 Å². The van der Waals surface area contributed by atoms with E-state index in [0.29, 0.717) is 0 Å². The Hall–Kier alpha value is -0.750. The van der Waals surface area contributed by atoms with Crippen molar-refractivity contribution in [3.8, 4) is 0 Å².